The zero-order chi connectivity index (χ0) is 22.5. The third-order valence-corrected chi connectivity index (χ3v) is 5.63. The summed E-state index contributed by atoms with van der Waals surface area (Å²) in [7, 11) is 0. The highest BCUT2D eigenvalue weighted by atomic mass is 35.5. The quantitative estimate of drug-likeness (QED) is 0.195. The first-order chi connectivity index (χ1) is 15.5. The molecule has 0 aliphatic carbocycles. The van der Waals surface area contributed by atoms with E-state index >= 15 is 0 Å². The van der Waals surface area contributed by atoms with E-state index in [9.17, 15) is 14.7 Å². The summed E-state index contributed by atoms with van der Waals surface area (Å²) in [5.41, 5.74) is 3.99. The minimum atomic E-state index is -0.364. The lowest BCUT2D eigenvalue weighted by atomic mass is 10.2. The van der Waals surface area contributed by atoms with Gasteiger partial charge in [0, 0.05) is 5.02 Å². The molecule has 160 valence electrons. The maximum absolute atomic E-state index is 13.2. The summed E-state index contributed by atoms with van der Waals surface area (Å²) in [6, 6.07) is 20.4. The Morgan fingerprint density at radius 1 is 1.12 bits per heavy atom. The summed E-state index contributed by atoms with van der Waals surface area (Å²) in [5, 5.41) is 14.8. The molecule has 4 aromatic rings. The smallest absolute Gasteiger partial charge is 0.266 e. The molecule has 0 fully saturated rings. The number of hydrogen-bond acceptors (Lipinski definition) is 6. The summed E-state index contributed by atoms with van der Waals surface area (Å²) >= 11 is 7.11. The monoisotopic (exact) mass is 464 g/mol. The lowest BCUT2D eigenvalue weighted by molar-refractivity contribution is -0.118. The molecule has 7 nitrogen and oxygen atoms in total. The van der Waals surface area contributed by atoms with E-state index in [-0.39, 0.29) is 23.0 Å². The number of rotatable bonds is 6. The van der Waals surface area contributed by atoms with Gasteiger partial charge in [0.25, 0.3) is 11.5 Å². The molecule has 0 unspecified atom stereocenters. The van der Waals surface area contributed by atoms with Crippen molar-refractivity contribution < 1.29 is 9.90 Å². The van der Waals surface area contributed by atoms with Crippen LogP contribution >= 0.6 is 23.4 Å². The summed E-state index contributed by atoms with van der Waals surface area (Å²) in [5.74, 6) is -0.259. The number of carbonyl (C=O) groups excluding carboxylic acids is 1. The Hall–Kier alpha value is -3.62. The van der Waals surface area contributed by atoms with E-state index in [0.717, 1.165) is 11.8 Å². The van der Waals surface area contributed by atoms with E-state index in [1.807, 2.05) is 0 Å². The Kier molecular flexibility index (Phi) is 6.53. The number of hydrazone groups is 1. The van der Waals surface area contributed by atoms with E-state index in [0.29, 0.717) is 32.3 Å². The van der Waals surface area contributed by atoms with Gasteiger partial charge in [0.2, 0.25) is 0 Å². The minimum absolute atomic E-state index is 0.00422. The summed E-state index contributed by atoms with van der Waals surface area (Å²) in [4.78, 5) is 30.0. The van der Waals surface area contributed by atoms with Gasteiger partial charge in [-0.25, -0.2) is 10.4 Å². The number of benzene rings is 3. The van der Waals surface area contributed by atoms with Gasteiger partial charge in [-0.05, 0) is 54.1 Å². The number of thioether (sulfide) groups is 1. The van der Waals surface area contributed by atoms with Crippen molar-refractivity contribution in [1.29, 1.82) is 0 Å². The van der Waals surface area contributed by atoms with Crippen LogP contribution < -0.4 is 11.0 Å². The molecule has 2 N–H and O–H groups in total. The number of fused-ring (bicyclic) bond motifs is 1. The number of aromatic nitrogens is 2. The first-order valence-electron chi connectivity index (χ1n) is 9.53. The number of halogens is 1. The average molecular weight is 465 g/mol. The highest BCUT2D eigenvalue weighted by Crippen LogP contribution is 2.22. The van der Waals surface area contributed by atoms with Gasteiger partial charge in [-0.3, -0.25) is 14.2 Å². The molecule has 0 bridgehead atoms. The molecular weight excluding hydrogens is 448 g/mol. The Balaban J connectivity index is 1.56. The third kappa shape index (κ3) is 4.99. The van der Waals surface area contributed by atoms with Crippen LogP contribution in [0, 0.1) is 0 Å². The van der Waals surface area contributed by atoms with Gasteiger partial charge < -0.3 is 5.11 Å². The van der Waals surface area contributed by atoms with Crippen molar-refractivity contribution >= 4 is 46.4 Å². The topological polar surface area (TPSA) is 96.6 Å². The number of amides is 1. The number of aromatic hydroxyl groups is 1. The van der Waals surface area contributed by atoms with Gasteiger partial charge in [-0.2, -0.15) is 5.10 Å². The molecule has 4 rings (SSSR count). The van der Waals surface area contributed by atoms with E-state index in [1.165, 1.54) is 16.8 Å². The second-order valence-electron chi connectivity index (χ2n) is 6.71. The maximum Gasteiger partial charge on any atom is 0.266 e. The van der Waals surface area contributed by atoms with Gasteiger partial charge >= 0.3 is 0 Å². The first kappa shape index (κ1) is 21.6. The molecule has 3 aromatic carbocycles. The van der Waals surface area contributed by atoms with Crippen molar-refractivity contribution in [3.8, 4) is 11.4 Å². The van der Waals surface area contributed by atoms with Gasteiger partial charge in [0.05, 0.1) is 28.6 Å². The number of para-hydroxylation sites is 1. The second-order valence-corrected chi connectivity index (χ2v) is 8.08. The summed E-state index contributed by atoms with van der Waals surface area (Å²) in [6.45, 7) is 0. The van der Waals surface area contributed by atoms with Crippen molar-refractivity contribution in [3.63, 3.8) is 0 Å². The average Bonchev–Trinajstić information content (AvgIpc) is 2.79. The zero-order valence-electron chi connectivity index (χ0n) is 16.6. The molecule has 32 heavy (non-hydrogen) atoms. The Morgan fingerprint density at radius 3 is 2.69 bits per heavy atom. The number of hydrogen-bond donors (Lipinski definition) is 2. The van der Waals surface area contributed by atoms with Crippen LogP contribution in [0.3, 0.4) is 0 Å². The van der Waals surface area contributed by atoms with Gasteiger partial charge in [-0.1, -0.05) is 47.6 Å². The fraction of sp³-hybridized carbons (Fsp3) is 0.0435. The van der Waals surface area contributed by atoms with Crippen LogP contribution in [0.4, 0.5) is 0 Å². The highest BCUT2D eigenvalue weighted by molar-refractivity contribution is 7.99. The van der Waals surface area contributed by atoms with Gasteiger partial charge in [0.1, 0.15) is 5.75 Å². The predicted molar refractivity (Wildman–Crippen MR) is 127 cm³/mol. The molecule has 0 radical (unpaired) electrons. The minimum Gasteiger partial charge on any atom is -0.508 e. The molecular formula is C23H17ClN4O3S. The van der Waals surface area contributed by atoms with Crippen molar-refractivity contribution in [3.05, 3.63) is 93.7 Å². The molecule has 0 atom stereocenters. The van der Waals surface area contributed by atoms with Gasteiger partial charge in [0.15, 0.2) is 5.16 Å². The summed E-state index contributed by atoms with van der Waals surface area (Å²) in [6.07, 6.45) is 1.43. The second kappa shape index (κ2) is 9.67. The first-order valence-corrected chi connectivity index (χ1v) is 10.9. The van der Waals surface area contributed by atoms with Crippen LogP contribution in [0.5, 0.6) is 5.75 Å². The molecule has 1 aromatic heterocycles. The molecule has 9 heteroatoms. The molecule has 0 aliphatic rings. The van der Waals surface area contributed by atoms with Gasteiger partial charge in [-0.15, -0.1) is 0 Å². The fourth-order valence-corrected chi connectivity index (χ4v) is 3.90. The number of carbonyl (C=O) groups is 1. The molecule has 0 spiro atoms. The van der Waals surface area contributed by atoms with Crippen molar-refractivity contribution in [2.75, 3.05) is 5.75 Å². The SMILES string of the molecule is O=C(CSc1nc2ccccc2c(=O)n1-c1ccc(Cl)cc1)NN=Cc1cccc(O)c1. The van der Waals surface area contributed by atoms with Crippen molar-refractivity contribution in [1.82, 2.24) is 15.0 Å². The predicted octanol–water partition coefficient (Wildman–Crippen LogP) is 3.99. The molecule has 1 heterocycles. The lowest BCUT2D eigenvalue weighted by Gasteiger charge is -2.13. The Labute approximate surface area is 192 Å². The lowest BCUT2D eigenvalue weighted by Crippen LogP contribution is -2.24. The van der Waals surface area contributed by atoms with Crippen LogP contribution in [0.25, 0.3) is 16.6 Å². The Morgan fingerprint density at radius 2 is 1.91 bits per heavy atom. The summed E-state index contributed by atoms with van der Waals surface area (Å²) < 4.78 is 1.46. The number of phenols is 1. The van der Waals surface area contributed by atoms with E-state index in [2.05, 4.69) is 15.5 Å². The van der Waals surface area contributed by atoms with Crippen LogP contribution in [0.1, 0.15) is 5.56 Å². The molecule has 1 amide bonds. The number of phenolic OH excluding ortho intramolecular Hbond substituents is 1. The molecule has 0 saturated carbocycles. The van der Waals surface area contributed by atoms with Crippen molar-refractivity contribution in [2.24, 2.45) is 5.10 Å². The van der Waals surface area contributed by atoms with Crippen molar-refractivity contribution in [2.45, 2.75) is 5.16 Å². The molecule has 0 aliphatic heterocycles. The van der Waals surface area contributed by atoms with E-state index in [4.69, 9.17) is 11.6 Å². The fourth-order valence-electron chi connectivity index (χ4n) is 2.97. The van der Waals surface area contributed by atoms with Crippen LogP contribution in [0.15, 0.2) is 87.8 Å². The van der Waals surface area contributed by atoms with Crippen LogP contribution in [0.2, 0.25) is 5.02 Å². The van der Waals surface area contributed by atoms with Crippen LogP contribution in [-0.4, -0.2) is 32.5 Å². The standard InChI is InChI=1S/C23H17ClN4O3S/c24-16-8-10-17(11-9-16)28-22(31)19-6-1-2-7-20(19)26-23(28)32-14-21(30)27-25-13-15-4-3-5-18(29)12-15/h1-13,29H,14H2,(H,27,30). The number of nitrogens with one attached hydrogen (secondary N) is 1. The largest absolute Gasteiger partial charge is 0.508 e. The number of nitrogens with zero attached hydrogens (tertiary/aromatic N) is 3. The van der Waals surface area contributed by atoms with Crippen LogP contribution in [-0.2, 0) is 4.79 Å². The normalized spacial score (nSPS) is 11.2. The Bertz CT molecular complexity index is 1370. The van der Waals surface area contributed by atoms with E-state index in [1.54, 1.807) is 66.7 Å². The van der Waals surface area contributed by atoms with E-state index < -0.39 is 0 Å². The third-order valence-electron chi connectivity index (χ3n) is 4.44. The molecule has 0 saturated heterocycles. The zero-order valence-corrected chi connectivity index (χ0v) is 18.2. The maximum atomic E-state index is 13.2. The highest BCUT2D eigenvalue weighted by Gasteiger charge is 2.14.